The lowest BCUT2D eigenvalue weighted by Gasteiger charge is -2.59. The van der Waals surface area contributed by atoms with E-state index in [2.05, 4.69) is 12.2 Å². The number of fused-ring (bicyclic) bond motifs is 5. The molecule has 3 fully saturated rings. The molecule has 1 amide bonds. The third kappa shape index (κ3) is 7.45. The molecule has 0 radical (unpaired) electrons. The van der Waals surface area contributed by atoms with Crippen molar-refractivity contribution in [3.8, 4) is 0 Å². The minimum Gasteiger partial charge on any atom is -0.480 e. The van der Waals surface area contributed by atoms with Crippen LogP contribution in [0.25, 0.3) is 0 Å². The minimum absolute atomic E-state index is 0.00719. The van der Waals surface area contributed by atoms with Gasteiger partial charge in [0, 0.05) is 29.6 Å². The van der Waals surface area contributed by atoms with E-state index in [4.69, 9.17) is 9.47 Å². The SMILES string of the molecule is CCCCCCC(=O)NC(CC(=O)OCC(=O)C1(OC(=O)CCCC)CCC2C3CCC4=CC(=O)C=CC4(C)C3C(O)CC21C)C(=O)O. The van der Waals surface area contributed by atoms with Crippen LogP contribution in [0, 0.1) is 28.6 Å². The van der Waals surface area contributed by atoms with Crippen molar-refractivity contribution in [3.63, 3.8) is 0 Å². The molecule has 0 aromatic carbocycles. The number of carbonyl (C=O) groups is 6. The maximum Gasteiger partial charge on any atom is 0.326 e. The van der Waals surface area contributed by atoms with Gasteiger partial charge < -0.3 is 25.0 Å². The summed E-state index contributed by atoms with van der Waals surface area (Å²) >= 11 is 0. The van der Waals surface area contributed by atoms with Gasteiger partial charge in [0.2, 0.25) is 11.7 Å². The Morgan fingerprint density at radius 1 is 1.00 bits per heavy atom. The Hall–Kier alpha value is -3.34. The minimum atomic E-state index is -1.65. The zero-order chi connectivity index (χ0) is 35.3. The average molecular weight is 672 g/mol. The number of aliphatic hydroxyl groups is 1. The summed E-state index contributed by atoms with van der Waals surface area (Å²) in [6.07, 6.45) is 10.9. The predicted molar refractivity (Wildman–Crippen MR) is 175 cm³/mol. The van der Waals surface area contributed by atoms with Crippen LogP contribution in [0.4, 0.5) is 0 Å². The van der Waals surface area contributed by atoms with Gasteiger partial charge in [0.05, 0.1) is 12.5 Å². The summed E-state index contributed by atoms with van der Waals surface area (Å²) in [6, 6.07) is -1.51. The van der Waals surface area contributed by atoms with Gasteiger partial charge in [-0.2, -0.15) is 0 Å². The van der Waals surface area contributed by atoms with Crippen LogP contribution in [0.2, 0.25) is 0 Å². The molecule has 0 aromatic rings. The average Bonchev–Trinajstić information content (AvgIpc) is 3.32. The molecule has 0 aromatic heterocycles. The largest absolute Gasteiger partial charge is 0.480 e. The molecular weight excluding hydrogens is 618 g/mol. The molecule has 11 nitrogen and oxygen atoms in total. The molecule has 4 rings (SSSR count). The normalized spacial score (nSPS) is 32.6. The Labute approximate surface area is 283 Å². The number of hydrogen-bond acceptors (Lipinski definition) is 9. The molecule has 0 bridgehead atoms. The summed E-state index contributed by atoms with van der Waals surface area (Å²) in [5.41, 5.74) is -2.11. The molecule has 3 N–H and O–H groups in total. The highest BCUT2D eigenvalue weighted by Gasteiger charge is 2.70. The fourth-order valence-corrected chi connectivity index (χ4v) is 9.23. The van der Waals surface area contributed by atoms with Gasteiger partial charge in [0.15, 0.2) is 18.0 Å². The number of aliphatic carboxylic acids is 1. The maximum atomic E-state index is 14.2. The van der Waals surface area contributed by atoms with Gasteiger partial charge >= 0.3 is 17.9 Å². The van der Waals surface area contributed by atoms with E-state index in [1.165, 1.54) is 0 Å². The number of carbonyl (C=O) groups excluding carboxylic acids is 5. The standard InChI is InChI=1S/C37H53NO10/c1-5-7-9-10-11-30(42)38-27(34(45)46)20-32(44)47-22-29(41)37(48-31(43)12-8-6-2)18-16-26-25-14-13-23-19-24(39)15-17-35(23,3)33(25)28(40)21-36(26,37)4/h15,17,19,25-28,33,40H,5-14,16,18,20-22H2,1-4H3,(H,38,42)(H,45,46). The summed E-state index contributed by atoms with van der Waals surface area (Å²) in [5.74, 6) is -4.32. The number of rotatable bonds is 16. The van der Waals surface area contributed by atoms with Crippen molar-refractivity contribution in [3.05, 3.63) is 23.8 Å². The molecule has 0 aliphatic heterocycles. The molecule has 8 atom stereocenters. The van der Waals surface area contributed by atoms with Crippen molar-refractivity contribution >= 4 is 35.4 Å². The van der Waals surface area contributed by atoms with E-state index >= 15 is 0 Å². The molecule has 48 heavy (non-hydrogen) atoms. The van der Waals surface area contributed by atoms with Crippen molar-refractivity contribution in [1.82, 2.24) is 5.32 Å². The quantitative estimate of drug-likeness (QED) is 0.153. The molecule has 4 aliphatic rings. The van der Waals surface area contributed by atoms with Crippen LogP contribution < -0.4 is 5.32 Å². The van der Waals surface area contributed by atoms with Crippen molar-refractivity contribution in [2.24, 2.45) is 28.6 Å². The second-order valence-electron chi connectivity index (χ2n) is 14.7. The second-order valence-corrected chi connectivity index (χ2v) is 14.7. The molecule has 3 saturated carbocycles. The van der Waals surface area contributed by atoms with Crippen molar-refractivity contribution < 1.29 is 48.5 Å². The number of allylic oxidation sites excluding steroid dienone is 4. The van der Waals surface area contributed by atoms with Gasteiger partial charge in [-0.15, -0.1) is 0 Å². The molecule has 4 aliphatic carbocycles. The van der Waals surface area contributed by atoms with E-state index in [0.717, 1.165) is 31.3 Å². The number of nitrogens with one attached hydrogen (secondary N) is 1. The van der Waals surface area contributed by atoms with E-state index in [-0.39, 0.29) is 49.2 Å². The van der Waals surface area contributed by atoms with Crippen LogP contribution in [0.15, 0.2) is 23.8 Å². The van der Waals surface area contributed by atoms with E-state index in [1.807, 2.05) is 26.8 Å². The molecule has 0 heterocycles. The number of carboxylic acids is 1. The van der Waals surface area contributed by atoms with Crippen LogP contribution in [0.1, 0.15) is 118 Å². The third-order valence-corrected chi connectivity index (χ3v) is 11.7. The Kier molecular flexibility index (Phi) is 12.1. The molecule has 266 valence electrons. The number of esters is 2. The third-order valence-electron chi connectivity index (χ3n) is 11.7. The summed E-state index contributed by atoms with van der Waals surface area (Å²) in [5, 5.41) is 23.8. The van der Waals surface area contributed by atoms with E-state index in [0.29, 0.717) is 32.1 Å². The smallest absolute Gasteiger partial charge is 0.326 e. The van der Waals surface area contributed by atoms with E-state index in [9.17, 15) is 39.0 Å². The van der Waals surface area contributed by atoms with Gasteiger partial charge in [-0.25, -0.2) is 4.79 Å². The lowest BCUT2D eigenvalue weighted by Crippen LogP contribution is -2.63. The van der Waals surface area contributed by atoms with Crippen molar-refractivity contribution in [2.75, 3.05) is 6.61 Å². The lowest BCUT2D eigenvalue weighted by atomic mass is 9.46. The first kappa shape index (κ1) is 37.5. The highest BCUT2D eigenvalue weighted by atomic mass is 16.6. The molecule has 8 unspecified atom stereocenters. The number of hydrogen-bond donors (Lipinski definition) is 3. The first-order valence-electron chi connectivity index (χ1n) is 17.8. The summed E-state index contributed by atoms with van der Waals surface area (Å²) in [6.45, 7) is 7.19. The number of carboxylic acid groups (broad SMARTS) is 1. The zero-order valence-electron chi connectivity index (χ0n) is 28.9. The Morgan fingerprint density at radius 2 is 1.73 bits per heavy atom. The fourth-order valence-electron chi connectivity index (χ4n) is 9.23. The number of amides is 1. The first-order valence-corrected chi connectivity index (χ1v) is 17.8. The Morgan fingerprint density at radius 3 is 2.42 bits per heavy atom. The van der Waals surface area contributed by atoms with Crippen molar-refractivity contribution in [2.45, 2.75) is 135 Å². The lowest BCUT2D eigenvalue weighted by molar-refractivity contribution is -0.201. The molecule has 11 heteroatoms. The summed E-state index contributed by atoms with van der Waals surface area (Å²) in [4.78, 5) is 76.6. The molecular formula is C37H53NO10. The topological polar surface area (TPSA) is 173 Å². The van der Waals surface area contributed by atoms with Gasteiger partial charge in [-0.1, -0.05) is 65.0 Å². The monoisotopic (exact) mass is 671 g/mol. The zero-order valence-corrected chi connectivity index (χ0v) is 28.9. The maximum absolute atomic E-state index is 14.2. The Bertz CT molecular complexity index is 1340. The predicted octanol–water partition coefficient (Wildman–Crippen LogP) is 4.78. The van der Waals surface area contributed by atoms with Gasteiger partial charge in [-0.3, -0.25) is 24.0 Å². The van der Waals surface area contributed by atoms with E-state index in [1.54, 1.807) is 12.2 Å². The van der Waals surface area contributed by atoms with E-state index < -0.39 is 71.2 Å². The molecule has 0 saturated heterocycles. The number of ketones is 2. The number of ether oxygens (including phenoxy) is 2. The van der Waals surface area contributed by atoms with Crippen molar-refractivity contribution in [1.29, 1.82) is 0 Å². The second kappa shape index (κ2) is 15.5. The Balaban J connectivity index is 1.52. The van der Waals surface area contributed by atoms with Crippen LogP contribution in [0.5, 0.6) is 0 Å². The van der Waals surface area contributed by atoms with Crippen LogP contribution in [-0.4, -0.2) is 69.9 Å². The van der Waals surface area contributed by atoms with Crippen LogP contribution in [-0.2, 0) is 38.2 Å². The van der Waals surface area contributed by atoms with Gasteiger partial charge in [0.25, 0.3) is 0 Å². The summed E-state index contributed by atoms with van der Waals surface area (Å²) < 4.78 is 11.5. The number of aliphatic hydroxyl groups excluding tert-OH is 1. The van der Waals surface area contributed by atoms with Crippen LogP contribution in [0.3, 0.4) is 0 Å². The van der Waals surface area contributed by atoms with Gasteiger partial charge in [0.1, 0.15) is 6.04 Å². The summed E-state index contributed by atoms with van der Waals surface area (Å²) in [7, 11) is 0. The van der Waals surface area contributed by atoms with Gasteiger partial charge in [-0.05, 0) is 68.9 Å². The number of Topliss-reactive ketones (excluding diaryl/α,β-unsaturated/α-hetero) is 1. The first-order chi connectivity index (χ1) is 22.7. The fraction of sp³-hybridized carbons (Fsp3) is 0.730. The highest BCUT2D eigenvalue weighted by Crippen LogP contribution is 2.68. The molecule has 0 spiro atoms. The number of unbranched alkanes of at least 4 members (excludes halogenated alkanes) is 4. The highest BCUT2D eigenvalue weighted by molar-refractivity contribution is 6.01. The van der Waals surface area contributed by atoms with Crippen LogP contribution >= 0.6 is 0 Å².